The number of aromatic amines is 1. The molecule has 1 amide bonds. The van der Waals surface area contributed by atoms with E-state index in [1.807, 2.05) is 0 Å². The summed E-state index contributed by atoms with van der Waals surface area (Å²) in [6.07, 6.45) is 4.19. The molecular weight excluding hydrogens is 290 g/mol. The summed E-state index contributed by atoms with van der Waals surface area (Å²) in [7, 11) is 1.52. The summed E-state index contributed by atoms with van der Waals surface area (Å²) in [5.41, 5.74) is 1.29. The van der Waals surface area contributed by atoms with Crippen molar-refractivity contribution in [2.75, 3.05) is 7.05 Å². The number of carbonyl (C=O) groups is 1. The summed E-state index contributed by atoms with van der Waals surface area (Å²) >= 11 is 1.60. The van der Waals surface area contributed by atoms with Gasteiger partial charge in [0, 0.05) is 11.9 Å². The van der Waals surface area contributed by atoms with Gasteiger partial charge in [-0.15, -0.1) is 16.4 Å². The molecule has 0 spiro atoms. The molecule has 1 aliphatic rings. The van der Waals surface area contributed by atoms with Crippen LogP contribution in [0.4, 0.5) is 0 Å². The third-order valence-corrected chi connectivity index (χ3v) is 5.18. The van der Waals surface area contributed by atoms with Crippen LogP contribution in [0.3, 0.4) is 0 Å². The van der Waals surface area contributed by atoms with Crippen LogP contribution in [0.5, 0.6) is 0 Å². The Hall–Kier alpha value is -2.22. The minimum atomic E-state index is -0.360. The van der Waals surface area contributed by atoms with Crippen molar-refractivity contribution in [1.29, 1.82) is 0 Å². The van der Waals surface area contributed by atoms with E-state index in [2.05, 4.69) is 20.6 Å². The molecule has 0 atom stereocenters. The average molecular weight is 303 g/mol. The molecule has 4 rings (SSSR count). The minimum Gasteiger partial charge on any atom is -0.354 e. The van der Waals surface area contributed by atoms with Gasteiger partial charge in [0.05, 0.1) is 5.39 Å². The number of carbonyl (C=O) groups excluding carboxylic acids is 1. The van der Waals surface area contributed by atoms with E-state index in [1.165, 1.54) is 11.9 Å². The largest absolute Gasteiger partial charge is 0.354 e. The van der Waals surface area contributed by atoms with Crippen LogP contribution in [0, 0.1) is 0 Å². The second-order valence-electron chi connectivity index (χ2n) is 5.11. The molecule has 0 saturated carbocycles. The van der Waals surface area contributed by atoms with Crippen molar-refractivity contribution in [2.45, 2.75) is 25.7 Å². The highest BCUT2D eigenvalue weighted by Crippen LogP contribution is 2.34. The SMILES string of the molecule is CNC(=O)c1n[nH]n2c1nc(=O)c1c3c(sc12)CCCC3. The molecule has 0 radical (unpaired) electrons. The highest BCUT2D eigenvalue weighted by molar-refractivity contribution is 7.18. The van der Waals surface area contributed by atoms with E-state index < -0.39 is 0 Å². The number of aryl methyl sites for hydroxylation is 2. The molecule has 3 heterocycles. The zero-order valence-electron chi connectivity index (χ0n) is 11.4. The van der Waals surface area contributed by atoms with E-state index in [0.717, 1.165) is 36.1 Å². The molecule has 108 valence electrons. The van der Waals surface area contributed by atoms with Crippen molar-refractivity contribution in [2.24, 2.45) is 0 Å². The number of rotatable bonds is 1. The number of nitrogens with zero attached hydrogens (tertiary/aromatic N) is 3. The maximum Gasteiger partial charge on any atom is 0.282 e. The predicted octanol–water partition coefficient (Wildman–Crippen LogP) is 0.871. The van der Waals surface area contributed by atoms with E-state index in [9.17, 15) is 9.59 Å². The summed E-state index contributed by atoms with van der Waals surface area (Å²) in [5.74, 6) is -0.360. The first-order valence-corrected chi connectivity index (χ1v) is 7.66. The normalized spacial score (nSPS) is 14.5. The second-order valence-corrected chi connectivity index (χ2v) is 6.19. The number of hydrogen-bond acceptors (Lipinski definition) is 5. The molecule has 1 aliphatic carbocycles. The van der Waals surface area contributed by atoms with Crippen molar-refractivity contribution in [1.82, 2.24) is 25.1 Å². The lowest BCUT2D eigenvalue weighted by Crippen LogP contribution is -2.20. The lowest BCUT2D eigenvalue weighted by atomic mass is 9.97. The molecule has 7 nitrogen and oxygen atoms in total. The summed E-state index contributed by atoms with van der Waals surface area (Å²) in [5, 5.41) is 9.97. The van der Waals surface area contributed by atoms with Crippen molar-refractivity contribution >= 4 is 33.1 Å². The van der Waals surface area contributed by atoms with Crippen molar-refractivity contribution in [3.05, 3.63) is 26.5 Å². The molecule has 8 heteroatoms. The quantitative estimate of drug-likeness (QED) is 0.698. The molecule has 3 aromatic rings. The van der Waals surface area contributed by atoms with E-state index in [4.69, 9.17) is 0 Å². The van der Waals surface area contributed by atoms with Crippen LogP contribution in [0.1, 0.15) is 33.8 Å². The third kappa shape index (κ3) is 1.65. The number of thiophene rings is 1. The lowest BCUT2D eigenvalue weighted by molar-refractivity contribution is 0.0959. The molecule has 0 unspecified atom stereocenters. The van der Waals surface area contributed by atoms with E-state index in [-0.39, 0.29) is 22.8 Å². The van der Waals surface area contributed by atoms with Gasteiger partial charge >= 0.3 is 0 Å². The fourth-order valence-electron chi connectivity index (χ4n) is 2.90. The molecule has 3 aromatic heterocycles. The van der Waals surface area contributed by atoms with Crippen molar-refractivity contribution < 1.29 is 4.79 Å². The molecule has 0 bridgehead atoms. The Balaban J connectivity index is 2.11. The number of aromatic nitrogens is 4. The topological polar surface area (TPSA) is 92.2 Å². The number of nitrogens with one attached hydrogen (secondary N) is 2. The highest BCUT2D eigenvalue weighted by Gasteiger charge is 2.23. The van der Waals surface area contributed by atoms with Gasteiger partial charge in [-0.05, 0) is 31.2 Å². The number of hydrogen-bond donors (Lipinski definition) is 2. The molecule has 21 heavy (non-hydrogen) atoms. The number of amides is 1. The van der Waals surface area contributed by atoms with Crippen molar-refractivity contribution in [3.8, 4) is 0 Å². The van der Waals surface area contributed by atoms with E-state index in [1.54, 1.807) is 15.9 Å². The van der Waals surface area contributed by atoms with Crippen LogP contribution in [0.2, 0.25) is 0 Å². The number of fused-ring (bicyclic) bond motifs is 5. The average Bonchev–Trinajstić information content (AvgIpc) is 3.07. The van der Waals surface area contributed by atoms with Crippen LogP contribution in [-0.2, 0) is 12.8 Å². The fourth-order valence-corrected chi connectivity index (χ4v) is 4.24. The monoisotopic (exact) mass is 303 g/mol. The van der Waals surface area contributed by atoms with Crippen LogP contribution in [-0.4, -0.2) is 32.8 Å². The summed E-state index contributed by atoms with van der Waals surface area (Å²) in [6, 6.07) is 0. The standard InChI is InChI=1S/C13H13N5O2S/c1-14-12(20)9-10-15-11(19)8-6-4-2-3-5-7(6)21-13(8)18(10)17-16-9/h17H,2-5H2,1H3,(H,14,20). The Morgan fingerprint density at radius 1 is 1.38 bits per heavy atom. The zero-order chi connectivity index (χ0) is 14.6. The Bertz CT molecular complexity index is 935. The Morgan fingerprint density at radius 2 is 2.19 bits per heavy atom. The van der Waals surface area contributed by atoms with Crippen LogP contribution < -0.4 is 10.9 Å². The van der Waals surface area contributed by atoms with Crippen molar-refractivity contribution in [3.63, 3.8) is 0 Å². The van der Waals surface area contributed by atoms with Gasteiger partial charge in [-0.2, -0.15) is 4.98 Å². The van der Waals surface area contributed by atoms with Gasteiger partial charge in [-0.25, -0.2) is 9.73 Å². The molecule has 0 fully saturated rings. The lowest BCUT2D eigenvalue weighted by Gasteiger charge is -2.09. The van der Waals surface area contributed by atoms with E-state index >= 15 is 0 Å². The first-order chi connectivity index (χ1) is 10.2. The highest BCUT2D eigenvalue weighted by atomic mass is 32.1. The third-order valence-electron chi connectivity index (χ3n) is 3.90. The molecular formula is C13H13N5O2S. The molecule has 0 aromatic carbocycles. The van der Waals surface area contributed by atoms with Gasteiger partial charge in [-0.1, -0.05) is 0 Å². The Labute approximate surface area is 123 Å². The summed E-state index contributed by atoms with van der Waals surface area (Å²) in [4.78, 5) is 30.3. The van der Waals surface area contributed by atoms with Crippen LogP contribution in [0.25, 0.3) is 15.9 Å². The molecule has 2 N–H and O–H groups in total. The Morgan fingerprint density at radius 3 is 3.00 bits per heavy atom. The predicted molar refractivity (Wildman–Crippen MR) is 79.0 cm³/mol. The van der Waals surface area contributed by atoms with Crippen LogP contribution in [0.15, 0.2) is 4.79 Å². The number of H-pyrrole nitrogens is 1. The Kier molecular flexibility index (Phi) is 2.61. The first kappa shape index (κ1) is 12.5. The minimum absolute atomic E-state index is 0.142. The van der Waals surface area contributed by atoms with E-state index in [0.29, 0.717) is 5.39 Å². The van der Waals surface area contributed by atoms with Gasteiger partial charge in [-0.3, -0.25) is 9.59 Å². The smallest absolute Gasteiger partial charge is 0.282 e. The van der Waals surface area contributed by atoms with Gasteiger partial charge in [0.2, 0.25) is 0 Å². The zero-order valence-corrected chi connectivity index (χ0v) is 12.2. The fraction of sp³-hybridized carbons (Fsp3) is 0.385. The summed E-state index contributed by atoms with van der Waals surface area (Å²) < 4.78 is 1.64. The second kappa shape index (κ2) is 4.39. The van der Waals surface area contributed by atoms with Gasteiger partial charge < -0.3 is 5.32 Å². The molecule has 0 aliphatic heterocycles. The van der Waals surface area contributed by atoms with Gasteiger partial charge in [0.15, 0.2) is 11.3 Å². The maximum absolute atomic E-state index is 12.4. The van der Waals surface area contributed by atoms with Crippen LogP contribution >= 0.6 is 11.3 Å². The van der Waals surface area contributed by atoms with Gasteiger partial charge in [0.25, 0.3) is 11.5 Å². The first-order valence-electron chi connectivity index (χ1n) is 6.84. The van der Waals surface area contributed by atoms with Gasteiger partial charge in [0.1, 0.15) is 4.83 Å². The maximum atomic E-state index is 12.4. The summed E-state index contributed by atoms with van der Waals surface area (Å²) in [6.45, 7) is 0. The molecule has 0 saturated heterocycles.